The van der Waals surface area contributed by atoms with E-state index in [0.29, 0.717) is 5.92 Å². The average molecular weight is 253 g/mol. The van der Waals surface area contributed by atoms with Gasteiger partial charge in [0, 0.05) is 15.8 Å². The zero-order valence-corrected chi connectivity index (χ0v) is 11.3. The number of hydrogen-bond acceptors (Lipinski definition) is 4. The molecule has 0 bridgehead atoms. The zero-order valence-electron chi connectivity index (χ0n) is 10.5. The zero-order chi connectivity index (χ0) is 12.4. The molecular formula is C13H19NO2S. The Balaban J connectivity index is 2.00. The Morgan fingerprint density at radius 1 is 1.53 bits per heavy atom. The highest BCUT2D eigenvalue weighted by atomic mass is 32.1. The van der Waals surface area contributed by atoms with Gasteiger partial charge in [0.15, 0.2) is 0 Å². The van der Waals surface area contributed by atoms with Gasteiger partial charge in [0.25, 0.3) is 0 Å². The molecule has 94 valence electrons. The number of esters is 1. The fraction of sp³-hybridized carbons (Fsp3) is 0.615. The molecule has 1 heterocycles. The van der Waals surface area contributed by atoms with Gasteiger partial charge in [-0.15, -0.1) is 11.3 Å². The van der Waals surface area contributed by atoms with Crippen molar-refractivity contribution in [3.05, 3.63) is 21.9 Å². The van der Waals surface area contributed by atoms with E-state index < -0.39 is 0 Å². The second kappa shape index (κ2) is 5.19. The summed E-state index contributed by atoms with van der Waals surface area (Å²) in [4.78, 5) is 14.3. The minimum atomic E-state index is -0.141. The molecule has 0 radical (unpaired) electrons. The largest absolute Gasteiger partial charge is 0.468 e. The number of carbonyl (C=O) groups is 1. The summed E-state index contributed by atoms with van der Waals surface area (Å²) in [5.74, 6) is 0.332. The molecule has 0 aliphatic heterocycles. The maximum atomic E-state index is 11.7. The van der Waals surface area contributed by atoms with Gasteiger partial charge in [0.2, 0.25) is 0 Å². The summed E-state index contributed by atoms with van der Waals surface area (Å²) in [5, 5.41) is 3.40. The van der Waals surface area contributed by atoms with Crippen molar-refractivity contribution in [2.75, 3.05) is 7.11 Å². The van der Waals surface area contributed by atoms with Crippen LogP contribution in [0.2, 0.25) is 0 Å². The molecule has 17 heavy (non-hydrogen) atoms. The molecule has 1 aromatic rings. The van der Waals surface area contributed by atoms with Gasteiger partial charge in [-0.05, 0) is 44.7 Å². The molecule has 1 fully saturated rings. The van der Waals surface area contributed by atoms with Crippen LogP contribution in [0.5, 0.6) is 0 Å². The highest BCUT2D eigenvalue weighted by Gasteiger charge is 2.37. The van der Waals surface area contributed by atoms with Gasteiger partial charge in [-0.2, -0.15) is 0 Å². The second-order valence-corrected chi connectivity index (χ2v) is 5.99. The SMILES string of the molecule is COC(=O)C(NC(C)c1ccc(C)s1)C1CC1. The highest BCUT2D eigenvalue weighted by Crippen LogP contribution is 2.34. The maximum Gasteiger partial charge on any atom is 0.323 e. The number of rotatable bonds is 5. The summed E-state index contributed by atoms with van der Waals surface area (Å²) in [6.07, 6.45) is 2.26. The first-order valence-electron chi connectivity index (χ1n) is 6.02. The topological polar surface area (TPSA) is 38.3 Å². The minimum absolute atomic E-state index is 0.132. The number of nitrogens with one attached hydrogen (secondary N) is 1. The third-order valence-corrected chi connectivity index (χ3v) is 4.35. The fourth-order valence-electron chi connectivity index (χ4n) is 1.99. The van der Waals surface area contributed by atoms with E-state index in [9.17, 15) is 4.79 Å². The molecule has 2 unspecified atom stereocenters. The van der Waals surface area contributed by atoms with Crippen molar-refractivity contribution in [2.45, 2.75) is 38.8 Å². The van der Waals surface area contributed by atoms with Crippen LogP contribution in [0, 0.1) is 12.8 Å². The number of methoxy groups -OCH3 is 1. The monoisotopic (exact) mass is 253 g/mol. The van der Waals surface area contributed by atoms with Gasteiger partial charge < -0.3 is 4.74 Å². The molecule has 0 amide bonds. The van der Waals surface area contributed by atoms with E-state index in [1.807, 2.05) is 0 Å². The van der Waals surface area contributed by atoms with Crippen molar-refractivity contribution in [2.24, 2.45) is 5.92 Å². The lowest BCUT2D eigenvalue weighted by molar-refractivity contribution is -0.143. The van der Waals surface area contributed by atoms with Gasteiger partial charge in [0.05, 0.1) is 7.11 Å². The van der Waals surface area contributed by atoms with Crippen LogP contribution in [0.15, 0.2) is 12.1 Å². The molecule has 2 atom stereocenters. The summed E-state index contributed by atoms with van der Waals surface area (Å²) in [6, 6.07) is 4.30. The molecule has 1 N–H and O–H groups in total. The molecule has 1 aliphatic rings. The van der Waals surface area contributed by atoms with Crippen LogP contribution < -0.4 is 5.32 Å². The lowest BCUT2D eigenvalue weighted by Gasteiger charge is -2.20. The van der Waals surface area contributed by atoms with Crippen LogP contribution >= 0.6 is 11.3 Å². The smallest absolute Gasteiger partial charge is 0.323 e. The fourth-order valence-corrected chi connectivity index (χ4v) is 2.88. The minimum Gasteiger partial charge on any atom is -0.468 e. The van der Waals surface area contributed by atoms with Gasteiger partial charge in [-0.25, -0.2) is 0 Å². The van der Waals surface area contributed by atoms with Crippen molar-refractivity contribution >= 4 is 17.3 Å². The quantitative estimate of drug-likeness (QED) is 0.820. The summed E-state index contributed by atoms with van der Waals surface area (Å²) >= 11 is 1.77. The molecule has 1 aliphatic carbocycles. The summed E-state index contributed by atoms with van der Waals surface area (Å²) < 4.78 is 4.86. The Morgan fingerprint density at radius 3 is 2.71 bits per heavy atom. The predicted octanol–water partition coefficient (Wildman–Crippen LogP) is 2.66. The summed E-state index contributed by atoms with van der Waals surface area (Å²) in [7, 11) is 1.46. The predicted molar refractivity (Wildman–Crippen MR) is 69.1 cm³/mol. The van der Waals surface area contributed by atoms with Gasteiger partial charge in [-0.3, -0.25) is 10.1 Å². The Morgan fingerprint density at radius 2 is 2.24 bits per heavy atom. The van der Waals surface area contributed by atoms with E-state index in [4.69, 9.17) is 4.74 Å². The van der Waals surface area contributed by atoms with Crippen LogP contribution in [-0.2, 0) is 9.53 Å². The molecule has 1 aromatic heterocycles. The standard InChI is InChI=1S/C13H19NO2S/c1-8-4-7-11(17-8)9(2)14-12(10-5-6-10)13(15)16-3/h4,7,9-10,12,14H,5-6H2,1-3H3. The lowest BCUT2D eigenvalue weighted by atomic mass is 10.1. The van der Waals surface area contributed by atoms with E-state index in [1.165, 1.54) is 16.9 Å². The van der Waals surface area contributed by atoms with E-state index >= 15 is 0 Å². The Hall–Kier alpha value is -0.870. The summed E-state index contributed by atoms with van der Waals surface area (Å²) in [6.45, 7) is 4.20. The van der Waals surface area contributed by atoms with Crippen molar-refractivity contribution in [1.82, 2.24) is 5.32 Å². The van der Waals surface area contributed by atoms with Gasteiger partial charge in [0.1, 0.15) is 6.04 Å². The number of thiophene rings is 1. The van der Waals surface area contributed by atoms with Crippen molar-refractivity contribution in [1.29, 1.82) is 0 Å². The lowest BCUT2D eigenvalue weighted by Crippen LogP contribution is -2.40. The molecule has 0 spiro atoms. The first-order chi connectivity index (χ1) is 8.11. The Bertz CT molecular complexity index is 398. The molecule has 0 aromatic carbocycles. The van der Waals surface area contributed by atoms with E-state index in [1.54, 1.807) is 11.3 Å². The molecule has 4 heteroatoms. The molecule has 2 rings (SSSR count). The number of hydrogen-bond donors (Lipinski definition) is 1. The van der Waals surface area contributed by atoms with Crippen LogP contribution in [0.25, 0.3) is 0 Å². The van der Waals surface area contributed by atoms with E-state index in [0.717, 1.165) is 12.8 Å². The van der Waals surface area contributed by atoms with Gasteiger partial charge in [-0.1, -0.05) is 0 Å². The maximum absolute atomic E-state index is 11.7. The van der Waals surface area contributed by atoms with Gasteiger partial charge >= 0.3 is 5.97 Å². The molecule has 0 saturated heterocycles. The van der Waals surface area contributed by atoms with E-state index in [2.05, 4.69) is 31.3 Å². The van der Waals surface area contributed by atoms with E-state index in [-0.39, 0.29) is 18.1 Å². The third kappa shape index (κ3) is 3.07. The van der Waals surface area contributed by atoms with Crippen LogP contribution in [-0.4, -0.2) is 19.1 Å². The second-order valence-electron chi connectivity index (χ2n) is 4.68. The first-order valence-corrected chi connectivity index (χ1v) is 6.83. The van der Waals surface area contributed by atoms with Crippen molar-refractivity contribution in [3.8, 4) is 0 Å². The Labute approximate surface area is 106 Å². The molecular weight excluding hydrogens is 234 g/mol. The average Bonchev–Trinajstić information content (AvgIpc) is 3.06. The Kier molecular flexibility index (Phi) is 3.84. The number of carbonyl (C=O) groups excluding carboxylic acids is 1. The molecule has 3 nitrogen and oxygen atoms in total. The normalized spacial score (nSPS) is 18.8. The molecule has 1 saturated carbocycles. The number of aryl methyl sites for hydroxylation is 1. The van der Waals surface area contributed by atoms with Crippen molar-refractivity contribution < 1.29 is 9.53 Å². The van der Waals surface area contributed by atoms with Crippen molar-refractivity contribution in [3.63, 3.8) is 0 Å². The highest BCUT2D eigenvalue weighted by molar-refractivity contribution is 7.12. The van der Waals surface area contributed by atoms with Crippen LogP contribution in [0.3, 0.4) is 0 Å². The summed E-state index contributed by atoms with van der Waals surface area (Å²) in [5.41, 5.74) is 0. The number of ether oxygens (including phenoxy) is 1. The first kappa shape index (κ1) is 12.6. The van der Waals surface area contributed by atoms with Crippen LogP contribution in [0.4, 0.5) is 0 Å². The van der Waals surface area contributed by atoms with Crippen LogP contribution in [0.1, 0.15) is 35.6 Å². The third-order valence-electron chi connectivity index (χ3n) is 3.17.